The SMILES string of the molecule is NCCCN(C1CCCCC1)S(=O)(=O)c1cnc[nH]1. The molecule has 0 amide bonds. The normalized spacial score (nSPS) is 18.0. The molecule has 108 valence electrons. The Labute approximate surface area is 114 Å². The molecule has 19 heavy (non-hydrogen) atoms. The van der Waals surface area contributed by atoms with Crippen LogP contribution in [0, 0.1) is 0 Å². The zero-order chi connectivity index (χ0) is 13.7. The Hall–Kier alpha value is -0.920. The monoisotopic (exact) mass is 286 g/mol. The quantitative estimate of drug-likeness (QED) is 0.818. The van der Waals surface area contributed by atoms with Crippen LogP contribution in [-0.4, -0.2) is 41.8 Å². The Balaban J connectivity index is 2.21. The van der Waals surface area contributed by atoms with Crippen molar-refractivity contribution in [2.45, 2.75) is 49.6 Å². The molecule has 0 atom stereocenters. The van der Waals surface area contributed by atoms with E-state index in [-0.39, 0.29) is 11.1 Å². The summed E-state index contributed by atoms with van der Waals surface area (Å²) in [6, 6.07) is 0.105. The average molecular weight is 286 g/mol. The van der Waals surface area contributed by atoms with E-state index >= 15 is 0 Å². The molecule has 7 heteroatoms. The van der Waals surface area contributed by atoms with Crippen molar-refractivity contribution in [3.63, 3.8) is 0 Å². The number of aromatic nitrogens is 2. The van der Waals surface area contributed by atoms with E-state index in [4.69, 9.17) is 5.73 Å². The smallest absolute Gasteiger partial charge is 0.260 e. The van der Waals surface area contributed by atoms with Crippen LogP contribution in [-0.2, 0) is 10.0 Å². The molecule has 0 radical (unpaired) electrons. The fraction of sp³-hybridized carbons (Fsp3) is 0.750. The van der Waals surface area contributed by atoms with E-state index in [1.165, 1.54) is 18.9 Å². The van der Waals surface area contributed by atoms with E-state index in [2.05, 4.69) is 9.97 Å². The summed E-state index contributed by atoms with van der Waals surface area (Å²) in [7, 11) is -3.47. The summed E-state index contributed by atoms with van der Waals surface area (Å²) in [4.78, 5) is 6.51. The number of H-pyrrole nitrogens is 1. The van der Waals surface area contributed by atoms with Gasteiger partial charge in [-0.25, -0.2) is 13.4 Å². The molecule has 3 N–H and O–H groups in total. The number of imidazole rings is 1. The summed E-state index contributed by atoms with van der Waals surface area (Å²) in [6.45, 7) is 0.990. The largest absolute Gasteiger partial charge is 0.335 e. The van der Waals surface area contributed by atoms with Crippen molar-refractivity contribution in [2.75, 3.05) is 13.1 Å². The molecule has 1 aromatic heterocycles. The third kappa shape index (κ3) is 3.34. The minimum absolute atomic E-state index is 0.105. The molecule has 0 spiro atoms. The van der Waals surface area contributed by atoms with Crippen LogP contribution in [0.15, 0.2) is 17.6 Å². The van der Waals surface area contributed by atoms with Crippen LogP contribution in [0.25, 0.3) is 0 Å². The summed E-state index contributed by atoms with van der Waals surface area (Å²) < 4.78 is 26.8. The van der Waals surface area contributed by atoms with Crippen LogP contribution in [0.2, 0.25) is 0 Å². The maximum atomic E-state index is 12.6. The fourth-order valence-electron chi connectivity index (χ4n) is 2.63. The minimum Gasteiger partial charge on any atom is -0.335 e. The van der Waals surface area contributed by atoms with Crippen molar-refractivity contribution >= 4 is 10.0 Å². The van der Waals surface area contributed by atoms with Crippen LogP contribution < -0.4 is 5.73 Å². The predicted molar refractivity (Wildman–Crippen MR) is 73.0 cm³/mol. The van der Waals surface area contributed by atoms with Gasteiger partial charge in [-0.2, -0.15) is 4.31 Å². The number of nitrogens with one attached hydrogen (secondary N) is 1. The van der Waals surface area contributed by atoms with Crippen LogP contribution in [0.4, 0.5) is 0 Å². The Morgan fingerprint density at radius 3 is 2.68 bits per heavy atom. The Bertz CT molecular complexity index is 466. The second-order valence-corrected chi connectivity index (χ2v) is 6.82. The molecule has 1 heterocycles. The lowest BCUT2D eigenvalue weighted by molar-refractivity contribution is 0.251. The molecule has 1 aliphatic rings. The van der Waals surface area contributed by atoms with Crippen molar-refractivity contribution in [1.29, 1.82) is 0 Å². The third-order valence-electron chi connectivity index (χ3n) is 3.62. The number of hydrogen-bond acceptors (Lipinski definition) is 4. The molecule has 0 saturated heterocycles. The molecular weight excluding hydrogens is 264 g/mol. The number of nitrogens with zero attached hydrogens (tertiary/aromatic N) is 2. The van der Waals surface area contributed by atoms with Crippen molar-refractivity contribution < 1.29 is 8.42 Å². The third-order valence-corrected chi connectivity index (χ3v) is 5.50. The molecule has 2 rings (SSSR count). The van der Waals surface area contributed by atoms with Gasteiger partial charge in [-0.3, -0.25) is 0 Å². The first-order valence-electron chi connectivity index (χ1n) is 6.86. The summed E-state index contributed by atoms with van der Waals surface area (Å²) in [6.07, 6.45) is 8.73. The van der Waals surface area contributed by atoms with Gasteiger partial charge < -0.3 is 10.7 Å². The number of nitrogens with two attached hydrogens (primary N) is 1. The van der Waals surface area contributed by atoms with Crippen LogP contribution in [0.3, 0.4) is 0 Å². The predicted octanol–water partition coefficient (Wildman–Crippen LogP) is 1.08. The number of sulfonamides is 1. The van der Waals surface area contributed by atoms with E-state index < -0.39 is 10.0 Å². The van der Waals surface area contributed by atoms with Crippen LogP contribution in [0.5, 0.6) is 0 Å². The number of hydrogen-bond donors (Lipinski definition) is 2. The van der Waals surface area contributed by atoms with Gasteiger partial charge in [-0.05, 0) is 25.8 Å². The van der Waals surface area contributed by atoms with Gasteiger partial charge in [0.25, 0.3) is 10.0 Å². The van der Waals surface area contributed by atoms with Crippen molar-refractivity contribution in [1.82, 2.24) is 14.3 Å². The summed E-state index contributed by atoms with van der Waals surface area (Å²) in [5.41, 5.74) is 5.53. The molecule has 0 aliphatic heterocycles. The molecule has 1 fully saturated rings. The number of rotatable bonds is 6. The van der Waals surface area contributed by atoms with Crippen molar-refractivity contribution in [2.24, 2.45) is 5.73 Å². The zero-order valence-corrected chi connectivity index (χ0v) is 11.9. The first-order valence-corrected chi connectivity index (χ1v) is 8.30. The minimum atomic E-state index is -3.47. The van der Waals surface area contributed by atoms with E-state index in [0.717, 1.165) is 25.7 Å². The van der Waals surface area contributed by atoms with Gasteiger partial charge >= 0.3 is 0 Å². The maximum Gasteiger partial charge on any atom is 0.260 e. The molecule has 1 aromatic rings. The van der Waals surface area contributed by atoms with Crippen LogP contribution in [0.1, 0.15) is 38.5 Å². The van der Waals surface area contributed by atoms with Gasteiger partial charge in [-0.15, -0.1) is 0 Å². The van der Waals surface area contributed by atoms with Crippen LogP contribution >= 0.6 is 0 Å². The van der Waals surface area contributed by atoms with Gasteiger partial charge in [0.1, 0.15) is 0 Å². The highest BCUT2D eigenvalue weighted by Gasteiger charge is 2.32. The average Bonchev–Trinajstić information content (AvgIpc) is 2.95. The molecule has 6 nitrogen and oxygen atoms in total. The molecule has 1 saturated carbocycles. The molecule has 0 aromatic carbocycles. The first-order chi connectivity index (χ1) is 9.16. The van der Waals surface area contributed by atoms with Gasteiger partial charge in [-0.1, -0.05) is 19.3 Å². The van der Waals surface area contributed by atoms with E-state index in [1.807, 2.05) is 0 Å². The van der Waals surface area contributed by atoms with Gasteiger partial charge in [0, 0.05) is 12.6 Å². The van der Waals surface area contributed by atoms with Gasteiger partial charge in [0.2, 0.25) is 0 Å². The Morgan fingerprint density at radius 1 is 1.37 bits per heavy atom. The first kappa shape index (κ1) is 14.5. The fourth-order valence-corrected chi connectivity index (χ4v) is 4.25. The van der Waals surface area contributed by atoms with E-state index in [1.54, 1.807) is 4.31 Å². The lowest BCUT2D eigenvalue weighted by Gasteiger charge is -2.32. The standard InChI is InChI=1S/C12H22N4O2S/c13-7-4-8-16(11-5-2-1-3-6-11)19(17,18)12-9-14-10-15-12/h9-11H,1-8,13H2,(H,14,15). The Kier molecular flexibility index (Phi) is 4.95. The maximum absolute atomic E-state index is 12.6. The lowest BCUT2D eigenvalue weighted by Crippen LogP contribution is -2.42. The van der Waals surface area contributed by atoms with Gasteiger partial charge in [0.15, 0.2) is 5.03 Å². The lowest BCUT2D eigenvalue weighted by atomic mass is 9.95. The highest BCUT2D eigenvalue weighted by Crippen LogP contribution is 2.27. The second-order valence-electron chi connectivity index (χ2n) is 4.97. The molecule has 1 aliphatic carbocycles. The summed E-state index contributed by atoms with van der Waals surface area (Å²) in [5.74, 6) is 0. The molecule has 0 bridgehead atoms. The van der Waals surface area contributed by atoms with E-state index in [9.17, 15) is 8.42 Å². The highest BCUT2D eigenvalue weighted by molar-refractivity contribution is 7.89. The Morgan fingerprint density at radius 2 is 2.11 bits per heavy atom. The topological polar surface area (TPSA) is 92.1 Å². The molecular formula is C12H22N4O2S. The number of aromatic amines is 1. The van der Waals surface area contributed by atoms with Crippen molar-refractivity contribution in [3.05, 3.63) is 12.5 Å². The highest BCUT2D eigenvalue weighted by atomic mass is 32.2. The van der Waals surface area contributed by atoms with Crippen molar-refractivity contribution in [3.8, 4) is 0 Å². The summed E-state index contributed by atoms with van der Waals surface area (Å²) in [5, 5.41) is 0.176. The zero-order valence-electron chi connectivity index (χ0n) is 11.1. The van der Waals surface area contributed by atoms with E-state index in [0.29, 0.717) is 19.5 Å². The van der Waals surface area contributed by atoms with Gasteiger partial charge in [0.05, 0.1) is 12.5 Å². The molecule has 0 unspecified atom stereocenters. The summed E-state index contributed by atoms with van der Waals surface area (Å²) >= 11 is 0. The second kappa shape index (κ2) is 6.49.